The molecule has 2 aliphatic rings. The van der Waals surface area contributed by atoms with Gasteiger partial charge in [-0.3, -0.25) is 4.79 Å². The number of carbonyl (C=O) groups is 1. The van der Waals surface area contributed by atoms with Crippen molar-refractivity contribution >= 4 is 11.9 Å². The van der Waals surface area contributed by atoms with Crippen molar-refractivity contribution in [3.63, 3.8) is 0 Å². The first-order chi connectivity index (χ1) is 14.1. The Morgan fingerprint density at radius 3 is 2.45 bits per heavy atom. The minimum atomic E-state index is 0.0783. The van der Waals surface area contributed by atoms with E-state index >= 15 is 0 Å². The molecule has 2 aromatic rings. The molecule has 1 saturated heterocycles. The van der Waals surface area contributed by atoms with E-state index in [1.807, 2.05) is 24.3 Å². The summed E-state index contributed by atoms with van der Waals surface area (Å²) < 4.78 is 10.7. The van der Waals surface area contributed by atoms with Gasteiger partial charge in [-0.05, 0) is 68.7 Å². The number of benzene rings is 1. The maximum Gasteiger partial charge on any atom is 0.324 e. The van der Waals surface area contributed by atoms with Crippen LogP contribution in [0.1, 0.15) is 45.4 Å². The Morgan fingerprint density at radius 1 is 1.10 bits per heavy atom. The Morgan fingerprint density at radius 2 is 1.79 bits per heavy atom. The summed E-state index contributed by atoms with van der Waals surface area (Å²) in [5, 5.41) is 7.39. The number of piperidine rings is 1. The van der Waals surface area contributed by atoms with Crippen molar-refractivity contribution in [2.24, 2.45) is 11.8 Å². The number of anilines is 1. The van der Waals surface area contributed by atoms with Crippen LogP contribution in [0, 0.1) is 11.8 Å². The van der Waals surface area contributed by atoms with Gasteiger partial charge in [0.2, 0.25) is 11.7 Å². The lowest BCUT2D eigenvalue weighted by atomic mass is 9.86. The lowest BCUT2D eigenvalue weighted by molar-refractivity contribution is -0.126. The first-order valence-electron chi connectivity index (χ1n) is 10.7. The van der Waals surface area contributed by atoms with Crippen molar-refractivity contribution in [2.45, 2.75) is 51.5 Å². The molecule has 0 bridgehead atoms. The zero-order chi connectivity index (χ0) is 20.2. The van der Waals surface area contributed by atoms with Crippen LogP contribution in [0.15, 0.2) is 28.8 Å². The Balaban J connectivity index is 1.29. The zero-order valence-corrected chi connectivity index (χ0v) is 17.3. The molecule has 1 aliphatic heterocycles. The Bertz CT molecular complexity index is 804. The molecule has 1 aromatic carbocycles. The fourth-order valence-corrected chi connectivity index (χ4v) is 4.26. The van der Waals surface area contributed by atoms with Gasteiger partial charge in [-0.15, -0.1) is 0 Å². The fourth-order valence-electron chi connectivity index (χ4n) is 4.26. The topological polar surface area (TPSA) is 80.5 Å². The van der Waals surface area contributed by atoms with E-state index in [0.29, 0.717) is 17.9 Å². The van der Waals surface area contributed by atoms with Crippen molar-refractivity contribution in [1.82, 2.24) is 15.5 Å². The molecule has 1 saturated carbocycles. The van der Waals surface area contributed by atoms with E-state index in [1.54, 1.807) is 7.11 Å². The molecule has 4 rings (SSSR count). The molecule has 0 unspecified atom stereocenters. The lowest BCUT2D eigenvalue weighted by Gasteiger charge is -2.32. The second-order valence-electron chi connectivity index (χ2n) is 8.36. The standard InChI is InChI=1S/C22H30N4O3/c1-15-3-7-18(8-4-15)23-21(27)17-11-13-26(14-12-17)22-24-20(25-29-22)16-5-9-19(28-2)10-6-16/h5-6,9-10,15,17-18H,3-4,7-8,11-14H2,1-2H3,(H,23,27). The number of hydrogen-bond donors (Lipinski definition) is 1. The molecule has 2 heterocycles. The molecule has 1 aliphatic carbocycles. The van der Waals surface area contributed by atoms with Gasteiger partial charge in [0.1, 0.15) is 5.75 Å². The fraction of sp³-hybridized carbons (Fsp3) is 0.591. The van der Waals surface area contributed by atoms with Gasteiger partial charge in [0, 0.05) is 30.6 Å². The smallest absolute Gasteiger partial charge is 0.324 e. The van der Waals surface area contributed by atoms with Gasteiger partial charge in [-0.2, -0.15) is 4.98 Å². The minimum absolute atomic E-state index is 0.0783. The number of hydrogen-bond acceptors (Lipinski definition) is 6. The maximum absolute atomic E-state index is 12.6. The van der Waals surface area contributed by atoms with Crippen LogP contribution in [0.25, 0.3) is 11.4 Å². The molecular weight excluding hydrogens is 368 g/mol. The van der Waals surface area contributed by atoms with Gasteiger partial charge < -0.3 is 19.5 Å². The van der Waals surface area contributed by atoms with Gasteiger partial charge in [0.25, 0.3) is 0 Å². The Hall–Kier alpha value is -2.57. The normalized spacial score (nSPS) is 23.0. The molecular formula is C22H30N4O3. The van der Waals surface area contributed by atoms with Gasteiger partial charge in [-0.1, -0.05) is 12.1 Å². The highest BCUT2D eigenvalue weighted by Crippen LogP contribution is 2.27. The van der Waals surface area contributed by atoms with Crippen molar-refractivity contribution in [2.75, 3.05) is 25.1 Å². The third-order valence-electron chi connectivity index (χ3n) is 6.26. The molecule has 0 atom stereocenters. The van der Waals surface area contributed by atoms with Crippen molar-refractivity contribution in [3.05, 3.63) is 24.3 Å². The second kappa shape index (κ2) is 8.84. The van der Waals surface area contributed by atoms with Crippen molar-refractivity contribution in [1.29, 1.82) is 0 Å². The zero-order valence-electron chi connectivity index (χ0n) is 17.3. The van der Waals surface area contributed by atoms with E-state index in [4.69, 9.17) is 9.26 Å². The van der Waals surface area contributed by atoms with Crippen LogP contribution in [0.5, 0.6) is 5.75 Å². The van der Waals surface area contributed by atoms with Crippen LogP contribution < -0.4 is 15.0 Å². The number of nitrogens with zero attached hydrogens (tertiary/aromatic N) is 3. The summed E-state index contributed by atoms with van der Waals surface area (Å²) >= 11 is 0. The molecule has 2 fully saturated rings. The molecule has 156 valence electrons. The average Bonchev–Trinajstić information content (AvgIpc) is 3.26. The van der Waals surface area contributed by atoms with Crippen LogP contribution in [-0.4, -0.2) is 42.3 Å². The van der Waals surface area contributed by atoms with E-state index in [-0.39, 0.29) is 11.8 Å². The highest BCUT2D eigenvalue weighted by Gasteiger charge is 2.29. The maximum atomic E-state index is 12.6. The second-order valence-corrected chi connectivity index (χ2v) is 8.36. The highest BCUT2D eigenvalue weighted by molar-refractivity contribution is 5.79. The van der Waals surface area contributed by atoms with Gasteiger partial charge in [0.05, 0.1) is 7.11 Å². The van der Waals surface area contributed by atoms with E-state index < -0.39 is 0 Å². The number of rotatable bonds is 5. The summed E-state index contributed by atoms with van der Waals surface area (Å²) in [5.74, 6) is 2.45. The molecule has 1 aromatic heterocycles. The first kappa shape index (κ1) is 19.7. The monoisotopic (exact) mass is 398 g/mol. The Labute approximate surface area is 171 Å². The van der Waals surface area contributed by atoms with Gasteiger partial charge >= 0.3 is 6.01 Å². The number of ether oxygens (including phenoxy) is 1. The van der Waals surface area contributed by atoms with Crippen LogP contribution >= 0.6 is 0 Å². The Kier molecular flexibility index (Phi) is 6.02. The van der Waals surface area contributed by atoms with Crippen molar-refractivity contribution < 1.29 is 14.1 Å². The third kappa shape index (κ3) is 4.71. The van der Waals surface area contributed by atoms with E-state index in [1.165, 1.54) is 12.8 Å². The molecule has 0 radical (unpaired) electrons. The predicted octanol–water partition coefficient (Wildman–Crippen LogP) is 3.66. The summed E-state index contributed by atoms with van der Waals surface area (Å²) in [6.45, 7) is 3.80. The molecule has 1 amide bonds. The SMILES string of the molecule is COc1ccc(-c2noc(N3CCC(C(=O)NC4CCC(C)CC4)CC3)n2)cc1. The lowest BCUT2D eigenvalue weighted by Crippen LogP contribution is -2.44. The van der Waals surface area contributed by atoms with E-state index in [9.17, 15) is 4.79 Å². The highest BCUT2D eigenvalue weighted by atomic mass is 16.5. The summed E-state index contributed by atoms with van der Waals surface area (Å²) in [7, 11) is 1.64. The van der Waals surface area contributed by atoms with Gasteiger partial charge in [-0.25, -0.2) is 0 Å². The number of carbonyl (C=O) groups excluding carboxylic acids is 1. The summed E-state index contributed by atoms with van der Waals surface area (Å²) in [5.41, 5.74) is 0.886. The summed E-state index contributed by atoms with van der Waals surface area (Å²) in [4.78, 5) is 19.3. The quantitative estimate of drug-likeness (QED) is 0.828. The number of methoxy groups -OCH3 is 1. The molecule has 0 spiro atoms. The average molecular weight is 399 g/mol. The third-order valence-corrected chi connectivity index (χ3v) is 6.26. The number of aromatic nitrogens is 2. The van der Waals surface area contributed by atoms with Crippen LogP contribution in [0.3, 0.4) is 0 Å². The van der Waals surface area contributed by atoms with Crippen molar-refractivity contribution in [3.8, 4) is 17.1 Å². The van der Waals surface area contributed by atoms with E-state index in [2.05, 4.69) is 27.3 Å². The number of amides is 1. The van der Waals surface area contributed by atoms with Gasteiger partial charge in [0.15, 0.2) is 0 Å². The number of nitrogens with one attached hydrogen (secondary N) is 1. The molecule has 7 heteroatoms. The molecule has 7 nitrogen and oxygen atoms in total. The molecule has 1 N–H and O–H groups in total. The van der Waals surface area contributed by atoms with Crippen LogP contribution in [0.4, 0.5) is 6.01 Å². The summed E-state index contributed by atoms with van der Waals surface area (Å²) in [6.07, 6.45) is 6.29. The minimum Gasteiger partial charge on any atom is -0.497 e. The largest absolute Gasteiger partial charge is 0.497 e. The van der Waals surface area contributed by atoms with E-state index in [0.717, 1.165) is 56.0 Å². The first-order valence-corrected chi connectivity index (χ1v) is 10.7. The van der Waals surface area contributed by atoms with Crippen LogP contribution in [0.2, 0.25) is 0 Å². The van der Waals surface area contributed by atoms with Crippen LogP contribution in [-0.2, 0) is 4.79 Å². The predicted molar refractivity (Wildman–Crippen MR) is 111 cm³/mol. The summed E-state index contributed by atoms with van der Waals surface area (Å²) in [6, 6.07) is 8.47. The molecule has 29 heavy (non-hydrogen) atoms.